The van der Waals surface area contributed by atoms with E-state index in [1.807, 2.05) is 27.7 Å². The molecule has 3 aliphatic rings. The van der Waals surface area contributed by atoms with Gasteiger partial charge < -0.3 is 28.4 Å². The molecule has 3 fully saturated rings. The van der Waals surface area contributed by atoms with Crippen molar-refractivity contribution in [1.82, 2.24) is 0 Å². The van der Waals surface area contributed by atoms with Crippen LogP contribution in [0.3, 0.4) is 0 Å². The summed E-state index contributed by atoms with van der Waals surface area (Å²) in [7, 11) is 0. The maximum absolute atomic E-state index is 12.4. The molecule has 0 N–H and O–H groups in total. The Morgan fingerprint density at radius 2 is 1.81 bits per heavy atom. The second kappa shape index (κ2) is 7.36. The van der Waals surface area contributed by atoms with Gasteiger partial charge in [-0.05, 0) is 40.0 Å². The van der Waals surface area contributed by atoms with Gasteiger partial charge in [0.2, 0.25) is 0 Å². The minimum absolute atomic E-state index is 0.239. The minimum Gasteiger partial charge on any atom is -0.456 e. The maximum atomic E-state index is 12.4. The summed E-state index contributed by atoms with van der Waals surface area (Å²) < 4.78 is 35.1. The molecule has 3 heterocycles. The van der Waals surface area contributed by atoms with Crippen molar-refractivity contribution in [1.29, 1.82) is 0 Å². The summed E-state index contributed by atoms with van der Waals surface area (Å²) in [5.74, 6) is -1.13. The van der Waals surface area contributed by atoms with Crippen molar-refractivity contribution in [3.8, 4) is 0 Å². The number of rotatable bonds is 6. The fourth-order valence-electron chi connectivity index (χ4n) is 3.68. The molecule has 3 rings (SSSR count). The Hall–Kier alpha value is -0.730. The zero-order chi connectivity index (χ0) is 19.1. The van der Waals surface area contributed by atoms with Gasteiger partial charge in [0, 0.05) is 6.42 Å². The molecule has 0 aromatic rings. The Morgan fingerprint density at radius 3 is 2.42 bits per heavy atom. The van der Waals surface area contributed by atoms with Gasteiger partial charge in [-0.1, -0.05) is 20.3 Å². The standard InChI is InChI=1S/C19H32O7/c1-11(2)8-7-9-13(20)22-15-14(12-10-21-18(3,4)24-12)23-17-16(15)25-19(5,6)26-17/h11-12,14-17H,7-10H2,1-6H3. The third kappa shape index (κ3) is 4.57. The first-order valence-corrected chi connectivity index (χ1v) is 9.59. The third-order valence-electron chi connectivity index (χ3n) is 4.85. The predicted octanol–water partition coefficient (Wildman–Crippen LogP) is 2.75. The lowest BCUT2D eigenvalue weighted by Gasteiger charge is -2.28. The van der Waals surface area contributed by atoms with E-state index < -0.39 is 36.2 Å². The van der Waals surface area contributed by atoms with Crippen molar-refractivity contribution < 1.29 is 33.2 Å². The van der Waals surface area contributed by atoms with Crippen molar-refractivity contribution in [3.63, 3.8) is 0 Å². The molecule has 0 amide bonds. The van der Waals surface area contributed by atoms with Crippen LogP contribution in [0.2, 0.25) is 0 Å². The summed E-state index contributed by atoms with van der Waals surface area (Å²) in [5.41, 5.74) is 0. The minimum atomic E-state index is -0.769. The monoisotopic (exact) mass is 372 g/mol. The van der Waals surface area contributed by atoms with E-state index in [0.29, 0.717) is 18.9 Å². The van der Waals surface area contributed by atoms with E-state index in [1.54, 1.807) is 0 Å². The van der Waals surface area contributed by atoms with Crippen molar-refractivity contribution in [2.75, 3.05) is 6.61 Å². The van der Waals surface area contributed by atoms with Gasteiger partial charge in [0.15, 0.2) is 30.1 Å². The van der Waals surface area contributed by atoms with Gasteiger partial charge in [0.25, 0.3) is 0 Å². The topological polar surface area (TPSA) is 72.5 Å². The molecule has 0 radical (unpaired) electrons. The van der Waals surface area contributed by atoms with Crippen LogP contribution in [0.4, 0.5) is 0 Å². The van der Waals surface area contributed by atoms with Gasteiger partial charge in [0.05, 0.1) is 6.61 Å². The summed E-state index contributed by atoms with van der Waals surface area (Å²) in [6, 6.07) is 0. The molecule has 0 aromatic heterocycles. The number of esters is 1. The summed E-state index contributed by atoms with van der Waals surface area (Å²) >= 11 is 0. The van der Waals surface area contributed by atoms with E-state index in [-0.39, 0.29) is 12.1 Å². The number of hydrogen-bond donors (Lipinski definition) is 0. The Labute approximate surface area is 155 Å². The lowest BCUT2D eigenvalue weighted by Crippen LogP contribution is -2.45. The average molecular weight is 372 g/mol. The first kappa shape index (κ1) is 20.0. The molecule has 0 saturated carbocycles. The molecule has 5 unspecified atom stereocenters. The smallest absolute Gasteiger partial charge is 0.306 e. The highest BCUT2D eigenvalue weighted by Gasteiger charge is 2.59. The predicted molar refractivity (Wildman–Crippen MR) is 92.2 cm³/mol. The van der Waals surface area contributed by atoms with Crippen LogP contribution < -0.4 is 0 Å². The molecule has 0 aromatic carbocycles. The van der Waals surface area contributed by atoms with E-state index in [1.165, 1.54) is 0 Å². The molecule has 150 valence electrons. The number of ether oxygens (including phenoxy) is 6. The third-order valence-corrected chi connectivity index (χ3v) is 4.85. The first-order chi connectivity index (χ1) is 12.1. The number of fused-ring (bicyclic) bond motifs is 1. The highest BCUT2D eigenvalue weighted by molar-refractivity contribution is 5.69. The van der Waals surface area contributed by atoms with Crippen LogP contribution >= 0.6 is 0 Å². The number of carbonyl (C=O) groups excluding carboxylic acids is 1. The lowest BCUT2D eigenvalue weighted by atomic mass is 10.1. The average Bonchev–Trinajstić information content (AvgIpc) is 3.09. The fraction of sp³-hybridized carbons (Fsp3) is 0.947. The van der Waals surface area contributed by atoms with Gasteiger partial charge >= 0.3 is 5.97 Å². The van der Waals surface area contributed by atoms with E-state index in [9.17, 15) is 4.79 Å². The highest BCUT2D eigenvalue weighted by Crippen LogP contribution is 2.42. The molecule has 26 heavy (non-hydrogen) atoms. The van der Waals surface area contributed by atoms with E-state index in [2.05, 4.69) is 13.8 Å². The van der Waals surface area contributed by atoms with Crippen LogP contribution in [0.15, 0.2) is 0 Å². The molecule has 0 aliphatic carbocycles. The van der Waals surface area contributed by atoms with Gasteiger partial charge in [-0.3, -0.25) is 4.79 Å². The quantitative estimate of drug-likeness (QED) is 0.664. The largest absolute Gasteiger partial charge is 0.456 e. The Kier molecular flexibility index (Phi) is 5.66. The van der Waals surface area contributed by atoms with Crippen molar-refractivity contribution in [3.05, 3.63) is 0 Å². The van der Waals surface area contributed by atoms with Crippen LogP contribution in [0.5, 0.6) is 0 Å². The van der Waals surface area contributed by atoms with Crippen LogP contribution in [0, 0.1) is 5.92 Å². The molecule has 5 atom stereocenters. The summed E-state index contributed by atoms with van der Waals surface area (Å²) in [4.78, 5) is 12.4. The Morgan fingerprint density at radius 1 is 1.08 bits per heavy atom. The zero-order valence-corrected chi connectivity index (χ0v) is 16.7. The van der Waals surface area contributed by atoms with Crippen molar-refractivity contribution in [2.45, 2.75) is 103 Å². The Balaban J connectivity index is 1.66. The lowest BCUT2D eigenvalue weighted by molar-refractivity contribution is -0.235. The number of carbonyl (C=O) groups is 1. The summed E-state index contributed by atoms with van der Waals surface area (Å²) in [6.07, 6.45) is -0.232. The van der Waals surface area contributed by atoms with Crippen LogP contribution in [0.1, 0.15) is 60.8 Å². The van der Waals surface area contributed by atoms with Gasteiger partial charge in [-0.15, -0.1) is 0 Å². The second-order valence-corrected chi connectivity index (χ2v) is 8.68. The SMILES string of the molecule is CC(C)CCCC(=O)OC1C(C2COC(C)(C)O2)OC2OC(C)(C)OC21. The van der Waals surface area contributed by atoms with Crippen LogP contribution in [-0.4, -0.2) is 54.9 Å². The van der Waals surface area contributed by atoms with Crippen LogP contribution in [0.25, 0.3) is 0 Å². The molecule has 7 nitrogen and oxygen atoms in total. The van der Waals surface area contributed by atoms with E-state index in [0.717, 1.165) is 12.8 Å². The molecular weight excluding hydrogens is 340 g/mol. The normalized spacial score (nSPS) is 37.9. The van der Waals surface area contributed by atoms with Gasteiger partial charge in [-0.25, -0.2) is 0 Å². The summed E-state index contributed by atoms with van der Waals surface area (Å²) in [5, 5.41) is 0. The molecule has 3 aliphatic heterocycles. The highest BCUT2D eigenvalue weighted by atomic mass is 16.8. The van der Waals surface area contributed by atoms with E-state index >= 15 is 0 Å². The molecule has 7 heteroatoms. The molecule has 0 spiro atoms. The van der Waals surface area contributed by atoms with Gasteiger partial charge in [0.1, 0.15) is 12.2 Å². The molecule has 0 bridgehead atoms. The maximum Gasteiger partial charge on any atom is 0.306 e. The van der Waals surface area contributed by atoms with E-state index in [4.69, 9.17) is 28.4 Å². The summed E-state index contributed by atoms with van der Waals surface area (Å²) in [6.45, 7) is 12.0. The number of hydrogen-bond acceptors (Lipinski definition) is 7. The second-order valence-electron chi connectivity index (χ2n) is 8.68. The fourth-order valence-corrected chi connectivity index (χ4v) is 3.68. The van der Waals surface area contributed by atoms with Crippen molar-refractivity contribution in [2.24, 2.45) is 5.92 Å². The Bertz CT molecular complexity index is 516. The molecular formula is C19H32O7. The first-order valence-electron chi connectivity index (χ1n) is 9.59. The zero-order valence-electron chi connectivity index (χ0n) is 16.7. The van der Waals surface area contributed by atoms with Crippen molar-refractivity contribution >= 4 is 5.97 Å². The van der Waals surface area contributed by atoms with Gasteiger partial charge in [-0.2, -0.15) is 0 Å². The van der Waals surface area contributed by atoms with Crippen LogP contribution in [-0.2, 0) is 33.2 Å². The molecule has 3 saturated heterocycles.